The molecule has 1 saturated carbocycles. The zero-order valence-corrected chi connectivity index (χ0v) is 20.2. The normalized spacial score (nSPS) is 30.7. The lowest BCUT2D eigenvalue weighted by atomic mass is 9.67. The maximum atomic E-state index is 11.1. The van der Waals surface area contributed by atoms with Crippen LogP contribution in [0.15, 0.2) is 54.6 Å². The molecule has 2 bridgehead atoms. The molecular formula is C31H36N2O3. The minimum atomic E-state index is -0.333. The van der Waals surface area contributed by atoms with Gasteiger partial charge in [0.1, 0.15) is 18.1 Å². The van der Waals surface area contributed by atoms with Crippen molar-refractivity contribution in [2.75, 3.05) is 13.2 Å². The van der Waals surface area contributed by atoms with E-state index in [0.29, 0.717) is 18.9 Å². The summed E-state index contributed by atoms with van der Waals surface area (Å²) in [6, 6.07) is 18.6. The first-order valence-electron chi connectivity index (χ1n) is 12.7. The largest absolute Gasteiger partial charge is 0.507 e. The van der Waals surface area contributed by atoms with E-state index in [9.17, 15) is 10.2 Å². The van der Waals surface area contributed by atoms with Gasteiger partial charge in [0.15, 0.2) is 0 Å². The van der Waals surface area contributed by atoms with Crippen molar-refractivity contribution in [1.29, 1.82) is 0 Å². The SMILES string of the molecule is C.Cc1c(COc2cc(O)c3c4c2CCC42CN(C3)C3(CO)CC3(N)C2)cccc1-c1ccccc1. The molecule has 0 amide bonds. The van der Waals surface area contributed by atoms with Crippen LogP contribution in [-0.2, 0) is 25.0 Å². The number of nitrogens with zero attached hydrogens (tertiary/aromatic N) is 1. The highest BCUT2D eigenvalue weighted by Crippen LogP contribution is 2.66. The third kappa shape index (κ3) is 3.00. The Kier molecular flexibility index (Phi) is 5.11. The van der Waals surface area contributed by atoms with E-state index in [-0.39, 0.29) is 30.5 Å². The van der Waals surface area contributed by atoms with Crippen LogP contribution in [0.5, 0.6) is 11.5 Å². The van der Waals surface area contributed by atoms with Crippen molar-refractivity contribution in [2.45, 2.75) is 69.7 Å². The lowest BCUT2D eigenvalue weighted by Crippen LogP contribution is -2.63. The molecule has 0 aromatic heterocycles. The van der Waals surface area contributed by atoms with Gasteiger partial charge in [-0.05, 0) is 66.0 Å². The first-order chi connectivity index (χ1) is 16.9. The first-order valence-corrected chi connectivity index (χ1v) is 12.7. The number of aliphatic hydroxyl groups excluding tert-OH is 1. The van der Waals surface area contributed by atoms with E-state index in [0.717, 1.165) is 49.1 Å². The highest BCUT2D eigenvalue weighted by atomic mass is 16.5. The summed E-state index contributed by atoms with van der Waals surface area (Å²) >= 11 is 0. The lowest BCUT2D eigenvalue weighted by molar-refractivity contribution is 0.00912. The van der Waals surface area contributed by atoms with E-state index in [4.69, 9.17) is 10.5 Å². The number of nitrogens with two attached hydrogens (primary N) is 1. The van der Waals surface area contributed by atoms with Crippen LogP contribution in [0.1, 0.15) is 54.5 Å². The average molecular weight is 485 g/mol. The molecule has 4 atom stereocenters. The highest BCUT2D eigenvalue weighted by molar-refractivity contribution is 5.68. The van der Waals surface area contributed by atoms with Crippen molar-refractivity contribution in [3.8, 4) is 22.6 Å². The molecule has 2 heterocycles. The fourth-order valence-electron chi connectivity index (χ4n) is 7.68. The molecule has 7 rings (SSSR count). The van der Waals surface area contributed by atoms with Crippen molar-refractivity contribution in [3.63, 3.8) is 0 Å². The summed E-state index contributed by atoms with van der Waals surface area (Å²) in [5.74, 6) is 1.11. The van der Waals surface area contributed by atoms with Crippen LogP contribution in [0.4, 0.5) is 0 Å². The molecule has 2 fully saturated rings. The van der Waals surface area contributed by atoms with Crippen molar-refractivity contribution < 1.29 is 14.9 Å². The molecule has 4 aliphatic rings. The minimum absolute atomic E-state index is 0. The van der Waals surface area contributed by atoms with Crippen molar-refractivity contribution in [3.05, 3.63) is 82.4 Å². The molecule has 3 aromatic rings. The van der Waals surface area contributed by atoms with Gasteiger partial charge < -0.3 is 20.7 Å². The van der Waals surface area contributed by atoms with E-state index in [2.05, 4.69) is 54.3 Å². The minimum Gasteiger partial charge on any atom is -0.507 e. The molecule has 188 valence electrons. The number of benzene rings is 3. The summed E-state index contributed by atoms with van der Waals surface area (Å²) in [7, 11) is 0. The monoisotopic (exact) mass is 484 g/mol. The summed E-state index contributed by atoms with van der Waals surface area (Å²) < 4.78 is 6.45. The molecule has 5 nitrogen and oxygen atoms in total. The summed E-state index contributed by atoms with van der Waals surface area (Å²) in [6.45, 7) is 4.26. The van der Waals surface area contributed by atoms with Gasteiger partial charge in [0.2, 0.25) is 0 Å². The van der Waals surface area contributed by atoms with Crippen LogP contribution < -0.4 is 10.5 Å². The summed E-state index contributed by atoms with van der Waals surface area (Å²) in [6.07, 6.45) is 3.67. The molecule has 1 saturated heterocycles. The van der Waals surface area contributed by atoms with Gasteiger partial charge in [0, 0.05) is 35.7 Å². The summed E-state index contributed by atoms with van der Waals surface area (Å²) in [4.78, 5) is 2.35. The van der Waals surface area contributed by atoms with E-state index in [1.54, 1.807) is 0 Å². The summed E-state index contributed by atoms with van der Waals surface area (Å²) in [5, 5.41) is 21.3. The molecule has 4 unspecified atom stereocenters. The first kappa shape index (κ1) is 23.5. The predicted molar refractivity (Wildman–Crippen MR) is 142 cm³/mol. The second-order valence-corrected chi connectivity index (χ2v) is 11.3. The molecule has 1 spiro atoms. The van der Waals surface area contributed by atoms with Crippen LogP contribution in [0.25, 0.3) is 11.1 Å². The average Bonchev–Trinajstić information content (AvgIpc) is 3.32. The Balaban J connectivity index is 0.00000240. The van der Waals surface area contributed by atoms with Gasteiger partial charge in [-0.25, -0.2) is 0 Å². The fourth-order valence-corrected chi connectivity index (χ4v) is 7.68. The molecular weight excluding hydrogens is 448 g/mol. The number of rotatable bonds is 5. The van der Waals surface area contributed by atoms with E-state index < -0.39 is 0 Å². The zero-order valence-electron chi connectivity index (χ0n) is 20.2. The number of aromatic hydroxyl groups is 1. The lowest BCUT2D eigenvalue weighted by Gasteiger charge is -2.52. The Morgan fingerprint density at radius 3 is 2.64 bits per heavy atom. The Morgan fingerprint density at radius 1 is 1.06 bits per heavy atom. The van der Waals surface area contributed by atoms with Gasteiger partial charge in [-0.3, -0.25) is 4.90 Å². The van der Waals surface area contributed by atoms with Gasteiger partial charge in [-0.15, -0.1) is 0 Å². The van der Waals surface area contributed by atoms with Crippen LogP contribution >= 0.6 is 0 Å². The fraction of sp³-hybridized carbons (Fsp3) is 0.419. The van der Waals surface area contributed by atoms with Crippen molar-refractivity contribution in [2.24, 2.45) is 5.73 Å². The number of phenols is 1. The molecule has 2 aliphatic heterocycles. The standard InChI is InChI=1S/C30H32N2O3.CH4/c1-19-21(8-5-9-22(19)20-6-3-2-4-7-20)14-35-26-12-25(34)24-13-32-17-28(11-10-23(26)27(24)28)15-29(31)16-30(29,32)18-33;/h2-9,12,33-34H,10-11,13-18,31H2,1H3;1H4. The Labute approximate surface area is 213 Å². The quantitative estimate of drug-likeness (QED) is 0.484. The van der Waals surface area contributed by atoms with E-state index in [1.807, 2.05) is 12.1 Å². The van der Waals surface area contributed by atoms with Crippen molar-refractivity contribution in [1.82, 2.24) is 4.90 Å². The van der Waals surface area contributed by atoms with Gasteiger partial charge >= 0.3 is 0 Å². The Bertz CT molecular complexity index is 1360. The topological polar surface area (TPSA) is 79.0 Å². The van der Waals surface area contributed by atoms with Crippen molar-refractivity contribution >= 4 is 0 Å². The summed E-state index contributed by atoms with van der Waals surface area (Å²) in [5.41, 5.74) is 14.5. The third-order valence-electron chi connectivity index (χ3n) is 9.55. The number of fused-ring (bicyclic) bond motifs is 3. The smallest absolute Gasteiger partial charge is 0.127 e. The van der Waals surface area contributed by atoms with Crippen LogP contribution in [0, 0.1) is 6.92 Å². The van der Waals surface area contributed by atoms with E-state index >= 15 is 0 Å². The number of phenolic OH excluding ortho intramolecular Hbond substituents is 1. The van der Waals surface area contributed by atoms with Gasteiger partial charge in [0.05, 0.1) is 12.1 Å². The molecule has 2 aliphatic carbocycles. The second kappa shape index (κ2) is 7.82. The molecule has 36 heavy (non-hydrogen) atoms. The molecule has 0 radical (unpaired) electrons. The molecule has 4 N–H and O–H groups in total. The molecule has 5 heteroatoms. The second-order valence-electron chi connectivity index (χ2n) is 11.3. The van der Waals surface area contributed by atoms with Gasteiger partial charge in [-0.1, -0.05) is 56.0 Å². The number of ether oxygens (including phenoxy) is 1. The van der Waals surface area contributed by atoms with Crippen LogP contribution in [0.3, 0.4) is 0 Å². The number of hydrogen-bond donors (Lipinski definition) is 3. The maximum Gasteiger partial charge on any atom is 0.127 e. The number of piperidine rings is 1. The number of hydrogen-bond acceptors (Lipinski definition) is 5. The molecule has 3 aromatic carbocycles. The van der Waals surface area contributed by atoms with Gasteiger partial charge in [0.25, 0.3) is 0 Å². The highest BCUT2D eigenvalue weighted by Gasteiger charge is 2.75. The van der Waals surface area contributed by atoms with Gasteiger partial charge in [-0.2, -0.15) is 0 Å². The zero-order chi connectivity index (χ0) is 24.0. The van der Waals surface area contributed by atoms with Crippen LogP contribution in [-0.4, -0.2) is 39.3 Å². The predicted octanol–water partition coefficient (Wildman–Crippen LogP) is 4.82. The maximum absolute atomic E-state index is 11.1. The Hall–Kier alpha value is -2.86. The Morgan fingerprint density at radius 2 is 1.86 bits per heavy atom. The third-order valence-corrected chi connectivity index (χ3v) is 9.55. The van der Waals surface area contributed by atoms with E-state index in [1.165, 1.54) is 27.8 Å². The number of aliphatic hydroxyl groups is 1. The van der Waals surface area contributed by atoms with Crippen LogP contribution in [0.2, 0.25) is 0 Å².